The van der Waals surface area contributed by atoms with Crippen LogP contribution in [0.15, 0.2) is 23.4 Å². The van der Waals surface area contributed by atoms with Crippen LogP contribution in [0.25, 0.3) is 0 Å². The highest BCUT2D eigenvalue weighted by molar-refractivity contribution is 7.89. The molecule has 1 saturated carbocycles. The molecular formula is C14H23N3O2S. The third-order valence-corrected chi connectivity index (χ3v) is 4.94. The zero-order valence-electron chi connectivity index (χ0n) is 12.1. The second kappa shape index (κ2) is 6.20. The van der Waals surface area contributed by atoms with Crippen LogP contribution in [0.3, 0.4) is 0 Å². The summed E-state index contributed by atoms with van der Waals surface area (Å²) in [5, 5.41) is 3.36. The van der Waals surface area contributed by atoms with Crippen molar-refractivity contribution in [3.63, 3.8) is 0 Å². The van der Waals surface area contributed by atoms with Crippen LogP contribution in [0.1, 0.15) is 38.7 Å². The molecule has 1 aromatic heterocycles. The third-order valence-electron chi connectivity index (χ3n) is 3.62. The average molecular weight is 297 g/mol. The largest absolute Gasteiger partial charge is 0.313 e. The molecule has 1 aliphatic carbocycles. The number of nitrogens with zero attached hydrogens (tertiary/aromatic N) is 1. The number of pyridine rings is 1. The second-order valence-electron chi connectivity index (χ2n) is 5.82. The Bertz CT molecular complexity index is 536. The summed E-state index contributed by atoms with van der Waals surface area (Å²) < 4.78 is 26.8. The maximum atomic E-state index is 12.1. The van der Waals surface area contributed by atoms with Crippen molar-refractivity contribution in [3.05, 3.63) is 23.9 Å². The van der Waals surface area contributed by atoms with Gasteiger partial charge in [-0.15, -0.1) is 0 Å². The van der Waals surface area contributed by atoms with E-state index in [9.17, 15) is 8.42 Å². The molecule has 0 aromatic carbocycles. The minimum Gasteiger partial charge on any atom is -0.313 e. The van der Waals surface area contributed by atoms with Crippen LogP contribution in [0, 0.1) is 5.41 Å². The molecule has 5 nitrogen and oxygen atoms in total. The topological polar surface area (TPSA) is 71.1 Å². The van der Waals surface area contributed by atoms with Crippen molar-refractivity contribution in [3.8, 4) is 0 Å². The molecule has 1 aliphatic rings. The van der Waals surface area contributed by atoms with Gasteiger partial charge in [-0.3, -0.25) is 0 Å². The molecule has 0 unspecified atom stereocenters. The molecule has 1 aromatic rings. The molecular weight excluding hydrogens is 274 g/mol. The van der Waals surface area contributed by atoms with E-state index in [2.05, 4.69) is 28.9 Å². The van der Waals surface area contributed by atoms with Crippen LogP contribution in [-0.2, 0) is 16.6 Å². The number of aromatic nitrogens is 1. The number of hydrogen-bond donors (Lipinski definition) is 2. The van der Waals surface area contributed by atoms with Gasteiger partial charge in [-0.05, 0) is 42.9 Å². The van der Waals surface area contributed by atoms with Gasteiger partial charge >= 0.3 is 0 Å². The zero-order chi connectivity index (χ0) is 14.6. The Balaban J connectivity index is 1.93. The van der Waals surface area contributed by atoms with Crippen molar-refractivity contribution in [2.24, 2.45) is 5.41 Å². The highest BCUT2D eigenvalue weighted by Gasteiger charge is 2.38. The summed E-state index contributed by atoms with van der Waals surface area (Å²) in [7, 11) is -3.48. The maximum Gasteiger partial charge on any atom is 0.258 e. The average Bonchev–Trinajstić information content (AvgIpc) is 3.16. The molecule has 20 heavy (non-hydrogen) atoms. The normalized spacial score (nSPS) is 17.1. The minimum atomic E-state index is -3.48. The van der Waals surface area contributed by atoms with E-state index in [1.165, 1.54) is 0 Å². The van der Waals surface area contributed by atoms with Gasteiger partial charge in [0.05, 0.1) is 0 Å². The summed E-state index contributed by atoms with van der Waals surface area (Å²) in [6.45, 7) is 6.35. The van der Waals surface area contributed by atoms with Crippen LogP contribution in [0.5, 0.6) is 0 Å². The van der Waals surface area contributed by atoms with E-state index in [1.807, 2.05) is 6.07 Å². The van der Waals surface area contributed by atoms with E-state index in [0.29, 0.717) is 13.1 Å². The van der Waals surface area contributed by atoms with Crippen molar-refractivity contribution >= 4 is 10.0 Å². The quantitative estimate of drug-likeness (QED) is 0.716. The monoisotopic (exact) mass is 297 g/mol. The van der Waals surface area contributed by atoms with E-state index in [-0.39, 0.29) is 10.4 Å². The standard InChI is InChI=1S/C14H23N3O2S/c1-3-8-15-9-12-4-5-13(16-10-12)20(18,19)17-11-14(2)6-7-14/h4-5,10,15,17H,3,6-9,11H2,1-2H3. The van der Waals surface area contributed by atoms with Crippen molar-refractivity contribution in [2.75, 3.05) is 13.1 Å². The smallest absolute Gasteiger partial charge is 0.258 e. The second-order valence-corrected chi connectivity index (χ2v) is 7.53. The van der Waals surface area contributed by atoms with Gasteiger partial charge in [0.1, 0.15) is 0 Å². The maximum absolute atomic E-state index is 12.1. The lowest BCUT2D eigenvalue weighted by Gasteiger charge is -2.10. The van der Waals surface area contributed by atoms with Gasteiger partial charge in [-0.1, -0.05) is 19.9 Å². The highest BCUT2D eigenvalue weighted by atomic mass is 32.2. The van der Waals surface area contributed by atoms with E-state index in [4.69, 9.17) is 0 Å². The predicted molar refractivity (Wildman–Crippen MR) is 78.8 cm³/mol. The van der Waals surface area contributed by atoms with Crippen LogP contribution in [-0.4, -0.2) is 26.5 Å². The highest BCUT2D eigenvalue weighted by Crippen LogP contribution is 2.44. The van der Waals surface area contributed by atoms with Crippen LogP contribution < -0.4 is 10.0 Å². The van der Waals surface area contributed by atoms with Gasteiger partial charge in [0.15, 0.2) is 5.03 Å². The summed E-state index contributed by atoms with van der Waals surface area (Å²) in [5.41, 5.74) is 1.14. The van der Waals surface area contributed by atoms with Crippen LogP contribution >= 0.6 is 0 Å². The summed E-state index contributed by atoms with van der Waals surface area (Å²) >= 11 is 0. The van der Waals surface area contributed by atoms with Gasteiger partial charge in [0, 0.05) is 19.3 Å². The lowest BCUT2D eigenvalue weighted by Crippen LogP contribution is -2.29. The molecule has 0 bridgehead atoms. The Morgan fingerprint density at radius 2 is 2.10 bits per heavy atom. The first-order valence-electron chi connectivity index (χ1n) is 7.10. The Labute approximate surface area is 121 Å². The molecule has 0 aliphatic heterocycles. The summed E-state index contributed by atoms with van der Waals surface area (Å²) in [6.07, 6.45) is 4.87. The first-order chi connectivity index (χ1) is 9.45. The fourth-order valence-corrected chi connectivity index (χ4v) is 2.94. The van der Waals surface area contributed by atoms with Gasteiger partial charge < -0.3 is 5.32 Å². The van der Waals surface area contributed by atoms with Gasteiger partial charge in [0.2, 0.25) is 0 Å². The van der Waals surface area contributed by atoms with E-state index >= 15 is 0 Å². The molecule has 0 saturated heterocycles. The fourth-order valence-electron chi connectivity index (χ4n) is 1.82. The lowest BCUT2D eigenvalue weighted by molar-refractivity contribution is 0.528. The molecule has 0 atom stereocenters. The number of rotatable bonds is 8. The van der Waals surface area contributed by atoms with Gasteiger partial charge in [-0.25, -0.2) is 18.1 Å². The molecule has 2 N–H and O–H groups in total. The minimum absolute atomic E-state index is 0.0981. The number of hydrogen-bond acceptors (Lipinski definition) is 4. The van der Waals surface area contributed by atoms with Crippen molar-refractivity contribution in [2.45, 2.75) is 44.7 Å². The van der Waals surface area contributed by atoms with Crippen molar-refractivity contribution in [1.29, 1.82) is 0 Å². The predicted octanol–water partition coefficient (Wildman–Crippen LogP) is 1.66. The summed E-state index contributed by atoms with van der Waals surface area (Å²) in [6, 6.07) is 3.38. The van der Waals surface area contributed by atoms with Gasteiger partial charge in [-0.2, -0.15) is 0 Å². The Hall–Kier alpha value is -0.980. The Morgan fingerprint density at radius 1 is 1.35 bits per heavy atom. The van der Waals surface area contributed by atoms with E-state index < -0.39 is 10.0 Å². The molecule has 0 spiro atoms. The molecule has 0 amide bonds. The molecule has 1 heterocycles. The van der Waals surface area contributed by atoms with E-state index in [0.717, 1.165) is 31.4 Å². The summed E-state index contributed by atoms with van der Waals surface area (Å²) in [5.74, 6) is 0. The fraction of sp³-hybridized carbons (Fsp3) is 0.643. The summed E-state index contributed by atoms with van der Waals surface area (Å²) in [4.78, 5) is 4.06. The third kappa shape index (κ3) is 4.26. The molecule has 6 heteroatoms. The Morgan fingerprint density at radius 3 is 2.65 bits per heavy atom. The lowest BCUT2D eigenvalue weighted by atomic mass is 10.2. The molecule has 0 radical (unpaired) electrons. The zero-order valence-corrected chi connectivity index (χ0v) is 13.0. The molecule has 1 fully saturated rings. The van der Waals surface area contributed by atoms with E-state index in [1.54, 1.807) is 12.3 Å². The number of sulfonamides is 1. The molecule has 112 valence electrons. The number of nitrogens with one attached hydrogen (secondary N) is 2. The first kappa shape index (κ1) is 15.4. The molecule has 2 rings (SSSR count). The van der Waals surface area contributed by atoms with Crippen LogP contribution in [0.4, 0.5) is 0 Å². The first-order valence-corrected chi connectivity index (χ1v) is 8.59. The van der Waals surface area contributed by atoms with Gasteiger partial charge in [0.25, 0.3) is 10.0 Å². The SMILES string of the molecule is CCCNCc1ccc(S(=O)(=O)NCC2(C)CC2)nc1. The van der Waals surface area contributed by atoms with Crippen molar-refractivity contribution in [1.82, 2.24) is 15.0 Å². The Kier molecular flexibility index (Phi) is 4.78. The van der Waals surface area contributed by atoms with Crippen LogP contribution in [0.2, 0.25) is 0 Å². The van der Waals surface area contributed by atoms with Crippen molar-refractivity contribution < 1.29 is 8.42 Å².